The van der Waals surface area contributed by atoms with Gasteiger partial charge in [-0.1, -0.05) is 11.6 Å². The van der Waals surface area contributed by atoms with E-state index in [9.17, 15) is 9.18 Å². The van der Waals surface area contributed by atoms with Crippen LogP contribution < -0.4 is 5.73 Å². The van der Waals surface area contributed by atoms with Crippen LogP contribution in [0.3, 0.4) is 0 Å². The van der Waals surface area contributed by atoms with E-state index in [0.29, 0.717) is 0 Å². The van der Waals surface area contributed by atoms with E-state index in [-0.39, 0.29) is 22.8 Å². The zero-order valence-electron chi connectivity index (χ0n) is 8.80. The highest BCUT2D eigenvalue weighted by molar-refractivity contribution is 6.34. The molecule has 1 aliphatic carbocycles. The van der Waals surface area contributed by atoms with Gasteiger partial charge in [0.25, 0.3) is 0 Å². The lowest BCUT2D eigenvalue weighted by Crippen LogP contribution is -2.48. The fourth-order valence-corrected chi connectivity index (χ4v) is 2.16. The fourth-order valence-electron chi connectivity index (χ4n) is 1.93. The van der Waals surface area contributed by atoms with Crippen LogP contribution in [0.25, 0.3) is 0 Å². The van der Waals surface area contributed by atoms with Crippen LogP contribution in [0, 0.1) is 5.82 Å². The van der Waals surface area contributed by atoms with E-state index in [2.05, 4.69) is 0 Å². The largest absolute Gasteiger partial charge is 0.325 e. The van der Waals surface area contributed by atoms with Crippen LogP contribution in [-0.2, 0) is 0 Å². The maximum Gasteiger partial charge on any atom is 0.166 e. The summed E-state index contributed by atoms with van der Waals surface area (Å²) in [5.74, 6) is -0.626. The molecule has 2 nitrogen and oxygen atoms in total. The molecule has 4 heteroatoms. The molecule has 0 aromatic heterocycles. The van der Waals surface area contributed by atoms with Crippen LogP contribution in [0.5, 0.6) is 0 Å². The Morgan fingerprint density at radius 1 is 1.50 bits per heavy atom. The van der Waals surface area contributed by atoms with Crippen LogP contribution in [0.2, 0.25) is 5.02 Å². The molecule has 0 unspecified atom stereocenters. The summed E-state index contributed by atoms with van der Waals surface area (Å²) >= 11 is 5.85. The van der Waals surface area contributed by atoms with Crippen molar-refractivity contribution in [3.05, 3.63) is 34.6 Å². The molecule has 1 aliphatic rings. The van der Waals surface area contributed by atoms with Crippen molar-refractivity contribution in [2.45, 2.75) is 31.2 Å². The Morgan fingerprint density at radius 3 is 2.75 bits per heavy atom. The number of benzene rings is 1. The molecule has 1 fully saturated rings. The molecule has 0 spiro atoms. The zero-order valence-corrected chi connectivity index (χ0v) is 9.56. The summed E-state index contributed by atoms with van der Waals surface area (Å²) in [6.07, 6.45) is 3.01. The highest BCUT2D eigenvalue weighted by Crippen LogP contribution is 2.34. The Bertz CT molecular complexity index is 429. The summed E-state index contributed by atoms with van der Waals surface area (Å²) in [6.45, 7) is 0. The van der Waals surface area contributed by atoms with E-state index in [1.807, 2.05) is 0 Å². The second-order valence-corrected chi connectivity index (χ2v) is 4.85. The standard InChI is InChI=1S/C12H13ClFNO/c13-10-3-2-8(14)6-9(10)11(16)7-12(15)4-1-5-12/h2-3,6H,1,4-5,7,15H2. The van der Waals surface area contributed by atoms with Crippen LogP contribution in [-0.4, -0.2) is 11.3 Å². The van der Waals surface area contributed by atoms with Gasteiger partial charge in [0.2, 0.25) is 0 Å². The SMILES string of the molecule is NC1(CC(=O)c2cc(F)ccc2Cl)CCC1. The van der Waals surface area contributed by atoms with Crippen molar-refractivity contribution in [2.75, 3.05) is 0 Å². The smallest absolute Gasteiger partial charge is 0.166 e. The van der Waals surface area contributed by atoms with Crippen molar-refractivity contribution >= 4 is 17.4 Å². The molecule has 0 bridgehead atoms. The number of hydrogen-bond acceptors (Lipinski definition) is 2. The first-order valence-corrected chi connectivity index (χ1v) is 5.65. The zero-order chi connectivity index (χ0) is 11.8. The van der Waals surface area contributed by atoms with Gasteiger partial charge >= 0.3 is 0 Å². The third-order valence-electron chi connectivity index (χ3n) is 3.09. The summed E-state index contributed by atoms with van der Waals surface area (Å²) in [5, 5.41) is 0.286. The number of rotatable bonds is 3. The minimum Gasteiger partial charge on any atom is -0.325 e. The van der Waals surface area contributed by atoms with Crippen LogP contribution in [0.15, 0.2) is 18.2 Å². The molecule has 0 amide bonds. The lowest BCUT2D eigenvalue weighted by Gasteiger charge is -2.37. The molecule has 1 aromatic rings. The Hall–Kier alpha value is -0.930. The molecular formula is C12H13ClFNO. The molecule has 0 radical (unpaired) electrons. The Morgan fingerprint density at radius 2 is 2.19 bits per heavy atom. The van der Waals surface area contributed by atoms with Crippen molar-refractivity contribution < 1.29 is 9.18 Å². The first-order valence-electron chi connectivity index (χ1n) is 5.27. The number of hydrogen-bond donors (Lipinski definition) is 1. The Balaban J connectivity index is 2.17. The Labute approximate surface area is 98.6 Å². The summed E-state index contributed by atoms with van der Waals surface area (Å²) in [4.78, 5) is 11.9. The molecule has 1 aromatic carbocycles. The van der Waals surface area contributed by atoms with Gasteiger partial charge in [0, 0.05) is 17.5 Å². The monoisotopic (exact) mass is 241 g/mol. The van der Waals surface area contributed by atoms with E-state index in [1.54, 1.807) is 0 Å². The van der Waals surface area contributed by atoms with Gasteiger partial charge in [-0.05, 0) is 37.5 Å². The number of ketones is 1. The molecule has 1 saturated carbocycles. The van der Waals surface area contributed by atoms with Gasteiger partial charge < -0.3 is 5.73 Å². The van der Waals surface area contributed by atoms with Crippen molar-refractivity contribution in [2.24, 2.45) is 5.73 Å². The summed E-state index contributed by atoms with van der Waals surface area (Å²) in [6, 6.07) is 3.81. The average molecular weight is 242 g/mol. The minimum absolute atomic E-state index is 0.174. The molecule has 0 heterocycles. The van der Waals surface area contributed by atoms with Gasteiger partial charge in [0.1, 0.15) is 5.82 Å². The van der Waals surface area contributed by atoms with Crippen LogP contribution in [0.4, 0.5) is 4.39 Å². The second kappa shape index (κ2) is 4.15. The number of halogens is 2. The number of carbonyl (C=O) groups excluding carboxylic acids is 1. The molecule has 2 rings (SSSR count). The molecule has 0 saturated heterocycles. The van der Waals surface area contributed by atoms with E-state index >= 15 is 0 Å². The van der Waals surface area contributed by atoms with Crippen LogP contribution in [0.1, 0.15) is 36.0 Å². The average Bonchev–Trinajstić information content (AvgIpc) is 2.19. The quantitative estimate of drug-likeness (QED) is 0.827. The lowest BCUT2D eigenvalue weighted by atomic mass is 9.74. The van der Waals surface area contributed by atoms with Crippen molar-refractivity contribution in [3.63, 3.8) is 0 Å². The van der Waals surface area contributed by atoms with Gasteiger partial charge in [-0.15, -0.1) is 0 Å². The topological polar surface area (TPSA) is 43.1 Å². The fraction of sp³-hybridized carbons (Fsp3) is 0.417. The molecule has 0 aliphatic heterocycles. The summed E-state index contributed by atoms with van der Waals surface area (Å²) in [5.41, 5.74) is 5.81. The molecular weight excluding hydrogens is 229 g/mol. The molecule has 0 atom stereocenters. The third kappa shape index (κ3) is 2.25. The molecule has 16 heavy (non-hydrogen) atoms. The maximum absolute atomic E-state index is 13.0. The van der Waals surface area contributed by atoms with Crippen LogP contribution >= 0.6 is 11.6 Å². The van der Waals surface area contributed by atoms with Crippen molar-refractivity contribution in [1.82, 2.24) is 0 Å². The predicted molar refractivity (Wildman–Crippen MR) is 61.1 cm³/mol. The maximum atomic E-state index is 13.0. The third-order valence-corrected chi connectivity index (χ3v) is 3.42. The minimum atomic E-state index is -0.451. The highest BCUT2D eigenvalue weighted by Gasteiger charge is 2.35. The van der Waals surface area contributed by atoms with Gasteiger partial charge in [0.15, 0.2) is 5.78 Å². The number of Topliss-reactive ketones (excluding diaryl/α,β-unsaturated/α-hetero) is 1. The van der Waals surface area contributed by atoms with Gasteiger partial charge in [-0.2, -0.15) is 0 Å². The first kappa shape index (κ1) is 11.6. The van der Waals surface area contributed by atoms with Gasteiger partial charge in [-0.3, -0.25) is 4.79 Å². The van der Waals surface area contributed by atoms with Crippen molar-refractivity contribution in [1.29, 1.82) is 0 Å². The number of nitrogens with two attached hydrogens (primary N) is 1. The second-order valence-electron chi connectivity index (χ2n) is 4.44. The normalized spacial score (nSPS) is 17.9. The van der Waals surface area contributed by atoms with E-state index < -0.39 is 11.4 Å². The summed E-state index contributed by atoms with van der Waals surface area (Å²) in [7, 11) is 0. The van der Waals surface area contributed by atoms with Gasteiger partial charge in [0.05, 0.1) is 5.02 Å². The summed E-state index contributed by atoms with van der Waals surface area (Å²) < 4.78 is 13.0. The Kier molecular flexibility index (Phi) is 3.00. The highest BCUT2D eigenvalue weighted by atomic mass is 35.5. The molecule has 86 valence electrons. The lowest BCUT2D eigenvalue weighted by molar-refractivity contribution is 0.0912. The molecule has 2 N–H and O–H groups in total. The van der Waals surface area contributed by atoms with E-state index in [1.165, 1.54) is 18.2 Å². The number of carbonyl (C=O) groups is 1. The first-order chi connectivity index (χ1) is 7.50. The van der Waals surface area contributed by atoms with E-state index in [4.69, 9.17) is 17.3 Å². The predicted octanol–water partition coefficient (Wildman–Crippen LogP) is 2.93. The van der Waals surface area contributed by atoms with E-state index in [0.717, 1.165) is 19.3 Å². The van der Waals surface area contributed by atoms with Gasteiger partial charge in [-0.25, -0.2) is 4.39 Å². The van der Waals surface area contributed by atoms with Crippen molar-refractivity contribution in [3.8, 4) is 0 Å².